The molecule has 102 valence electrons. The standard InChI is InChI=1S/C14H19N3O2/c1-19-11-5-2-9(3-6-11)15-10-4-7-12-13(8-10)17-14(18)16-12/h4,7-9,11,15H,2-3,5-6H2,1H3,(H2,16,17,18). The van der Waals surface area contributed by atoms with Gasteiger partial charge in [-0.2, -0.15) is 0 Å². The maximum atomic E-state index is 11.2. The molecule has 0 saturated heterocycles. The summed E-state index contributed by atoms with van der Waals surface area (Å²) in [6.07, 6.45) is 4.89. The van der Waals surface area contributed by atoms with Crippen molar-refractivity contribution >= 4 is 16.7 Å². The molecule has 0 amide bonds. The number of hydrogen-bond donors (Lipinski definition) is 3. The number of methoxy groups -OCH3 is 1. The van der Waals surface area contributed by atoms with Gasteiger partial charge in [-0.25, -0.2) is 4.79 Å². The average Bonchev–Trinajstić information content (AvgIpc) is 2.79. The summed E-state index contributed by atoms with van der Waals surface area (Å²) in [5.74, 6) is 0. The van der Waals surface area contributed by atoms with Crippen LogP contribution in [0.25, 0.3) is 11.0 Å². The van der Waals surface area contributed by atoms with Gasteiger partial charge in [-0.15, -0.1) is 0 Å². The lowest BCUT2D eigenvalue weighted by Crippen LogP contribution is -2.29. The summed E-state index contributed by atoms with van der Waals surface area (Å²) in [6.45, 7) is 0. The van der Waals surface area contributed by atoms with Crippen LogP contribution in [-0.4, -0.2) is 29.2 Å². The van der Waals surface area contributed by atoms with Gasteiger partial charge in [0.05, 0.1) is 17.1 Å². The fourth-order valence-corrected chi connectivity index (χ4v) is 2.80. The second-order valence-corrected chi connectivity index (χ2v) is 5.19. The largest absolute Gasteiger partial charge is 0.382 e. The van der Waals surface area contributed by atoms with Gasteiger partial charge in [-0.3, -0.25) is 0 Å². The van der Waals surface area contributed by atoms with Crippen LogP contribution >= 0.6 is 0 Å². The Hall–Kier alpha value is -1.75. The molecule has 0 aliphatic heterocycles. The van der Waals surface area contributed by atoms with Gasteiger partial charge < -0.3 is 20.0 Å². The Morgan fingerprint density at radius 2 is 1.89 bits per heavy atom. The van der Waals surface area contributed by atoms with Crippen LogP contribution in [0.2, 0.25) is 0 Å². The SMILES string of the molecule is COC1CCC(Nc2ccc3[nH]c(=O)[nH]c3c2)CC1. The molecule has 19 heavy (non-hydrogen) atoms. The lowest BCUT2D eigenvalue weighted by Gasteiger charge is -2.28. The van der Waals surface area contributed by atoms with Gasteiger partial charge in [0, 0.05) is 18.8 Å². The van der Waals surface area contributed by atoms with Crippen molar-refractivity contribution in [2.24, 2.45) is 0 Å². The topological polar surface area (TPSA) is 69.9 Å². The van der Waals surface area contributed by atoms with Crippen LogP contribution in [0.1, 0.15) is 25.7 Å². The van der Waals surface area contributed by atoms with Gasteiger partial charge >= 0.3 is 5.69 Å². The number of H-pyrrole nitrogens is 2. The number of anilines is 1. The normalized spacial score (nSPS) is 23.6. The molecule has 1 fully saturated rings. The maximum Gasteiger partial charge on any atom is 0.323 e. The van der Waals surface area contributed by atoms with E-state index in [4.69, 9.17) is 4.74 Å². The highest BCUT2D eigenvalue weighted by Gasteiger charge is 2.20. The summed E-state index contributed by atoms with van der Waals surface area (Å²) >= 11 is 0. The number of aromatic amines is 2. The molecule has 5 nitrogen and oxygen atoms in total. The molecule has 1 aliphatic rings. The Labute approximate surface area is 111 Å². The number of hydrogen-bond acceptors (Lipinski definition) is 3. The zero-order valence-corrected chi connectivity index (χ0v) is 11.0. The molecular weight excluding hydrogens is 242 g/mol. The van der Waals surface area contributed by atoms with Crippen LogP contribution < -0.4 is 11.0 Å². The summed E-state index contributed by atoms with van der Waals surface area (Å²) in [4.78, 5) is 16.7. The second kappa shape index (κ2) is 5.09. The van der Waals surface area contributed by atoms with E-state index in [1.165, 1.54) is 0 Å². The highest BCUT2D eigenvalue weighted by Crippen LogP contribution is 2.24. The first kappa shape index (κ1) is 12.3. The van der Waals surface area contributed by atoms with E-state index >= 15 is 0 Å². The zero-order chi connectivity index (χ0) is 13.2. The minimum atomic E-state index is -0.159. The molecule has 1 heterocycles. The van der Waals surface area contributed by atoms with Gasteiger partial charge in [0.25, 0.3) is 0 Å². The van der Waals surface area contributed by atoms with Crippen molar-refractivity contribution in [3.63, 3.8) is 0 Å². The van der Waals surface area contributed by atoms with E-state index in [2.05, 4.69) is 15.3 Å². The molecule has 0 bridgehead atoms. The monoisotopic (exact) mass is 261 g/mol. The first-order chi connectivity index (χ1) is 9.24. The highest BCUT2D eigenvalue weighted by molar-refractivity contribution is 5.78. The Morgan fingerprint density at radius 1 is 1.16 bits per heavy atom. The van der Waals surface area contributed by atoms with Gasteiger partial charge in [0.2, 0.25) is 0 Å². The van der Waals surface area contributed by atoms with Gasteiger partial charge in [-0.1, -0.05) is 0 Å². The Bertz CT molecular complexity index is 608. The zero-order valence-electron chi connectivity index (χ0n) is 11.0. The molecule has 0 spiro atoms. The van der Waals surface area contributed by atoms with Crippen LogP contribution in [-0.2, 0) is 4.74 Å². The molecule has 0 radical (unpaired) electrons. The fraction of sp³-hybridized carbons (Fsp3) is 0.500. The van der Waals surface area contributed by atoms with Crippen molar-refractivity contribution in [2.75, 3.05) is 12.4 Å². The quantitative estimate of drug-likeness (QED) is 0.793. The third-order valence-corrected chi connectivity index (χ3v) is 3.89. The molecule has 5 heteroatoms. The van der Waals surface area contributed by atoms with E-state index in [-0.39, 0.29) is 5.69 Å². The Balaban J connectivity index is 1.69. The van der Waals surface area contributed by atoms with E-state index < -0.39 is 0 Å². The minimum absolute atomic E-state index is 0.159. The molecule has 3 rings (SSSR count). The minimum Gasteiger partial charge on any atom is -0.382 e. The average molecular weight is 261 g/mol. The van der Waals surface area contributed by atoms with Crippen molar-refractivity contribution in [1.29, 1.82) is 0 Å². The van der Waals surface area contributed by atoms with Gasteiger partial charge in [-0.05, 0) is 43.9 Å². The van der Waals surface area contributed by atoms with Crippen LogP contribution in [0.4, 0.5) is 5.69 Å². The number of benzene rings is 1. The predicted molar refractivity (Wildman–Crippen MR) is 75.6 cm³/mol. The summed E-state index contributed by atoms with van der Waals surface area (Å²) < 4.78 is 5.38. The van der Waals surface area contributed by atoms with Crippen molar-refractivity contribution in [3.05, 3.63) is 28.7 Å². The van der Waals surface area contributed by atoms with Crippen molar-refractivity contribution < 1.29 is 4.74 Å². The predicted octanol–water partition coefficient (Wildman–Crippen LogP) is 2.23. The summed E-state index contributed by atoms with van der Waals surface area (Å²) in [7, 11) is 1.79. The molecule has 1 saturated carbocycles. The number of ether oxygens (including phenoxy) is 1. The van der Waals surface area contributed by atoms with Gasteiger partial charge in [0.15, 0.2) is 0 Å². The molecular formula is C14H19N3O2. The number of aromatic nitrogens is 2. The van der Waals surface area contributed by atoms with Crippen molar-refractivity contribution in [2.45, 2.75) is 37.8 Å². The van der Waals surface area contributed by atoms with Crippen LogP contribution in [0, 0.1) is 0 Å². The Kier molecular flexibility index (Phi) is 3.29. The summed E-state index contributed by atoms with van der Waals surface area (Å²) in [5, 5.41) is 3.54. The Morgan fingerprint density at radius 3 is 2.63 bits per heavy atom. The van der Waals surface area contributed by atoms with E-state index in [1.54, 1.807) is 7.11 Å². The summed E-state index contributed by atoms with van der Waals surface area (Å²) in [5.41, 5.74) is 2.59. The number of rotatable bonds is 3. The fourth-order valence-electron chi connectivity index (χ4n) is 2.80. The third kappa shape index (κ3) is 2.66. The van der Waals surface area contributed by atoms with Crippen LogP contribution in [0.3, 0.4) is 0 Å². The molecule has 2 aromatic rings. The number of fused-ring (bicyclic) bond motifs is 1. The third-order valence-electron chi connectivity index (χ3n) is 3.89. The number of nitrogens with one attached hydrogen (secondary N) is 3. The molecule has 1 aliphatic carbocycles. The lowest BCUT2D eigenvalue weighted by atomic mass is 9.93. The van der Waals surface area contributed by atoms with Crippen molar-refractivity contribution in [3.8, 4) is 0 Å². The van der Waals surface area contributed by atoms with Crippen molar-refractivity contribution in [1.82, 2.24) is 9.97 Å². The first-order valence-corrected chi connectivity index (χ1v) is 6.76. The molecule has 0 atom stereocenters. The molecule has 3 N–H and O–H groups in total. The van der Waals surface area contributed by atoms with Crippen LogP contribution in [0.5, 0.6) is 0 Å². The van der Waals surface area contributed by atoms with E-state index in [0.29, 0.717) is 12.1 Å². The van der Waals surface area contributed by atoms with E-state index in [0.717, 1.165) is 42.4 Å². The highest BCUT2D eigenvalue weighted by atomic mass is 16.5. The lowest BCUT2D eigenvalue weighted by molar-refractivity contribution is 0.0682. The first-order valence-electron chi connectivity index (χ1n) is 6.76. The molecule has 1 aromatic carbocycles. The molecule has 1 aromatic heterocycles. The second-order valence-electron chi connectivity index (χ2n) is 5.19. The number of imidazole rings is 1. The molecule has 0 unspecified atom stereocenters. The summed E-state index contributed by atoms with van der Waals surface area (Å²) in [6, 6.07) is 6.41. The maximum absolute atomic E-state index is 11.2. The van der Waals surface area contributed by atoms with Crippen LogP contribution in [0.15, 0.2) is 23.0 Å². The smallest absolute Gasteiger partial charge is 0.323 e. The van der Waals surface area contributed by atoms with E-state index in [1.807, 2.05) is 18.2 Å². The van der Waals surface area contributed by atoms with E-state index in [9.17, 15) is 4.79 Å². The van der Waals surface area contributed by atoms with Gasteiger partial charge in [0.1, 0.15) is 0 Å².